The molecule has 0 atom stereocenters. The van der Waals surface area contributed by atoms with Crippen molar-refractivity contribution in [3.8, 4) is 6.07 Å². The van der Waals surface area contributed by atoms with Crippen LogP contribution in [0.1, 0.15) is 21.5 Å². The van der Waals surface area contributed by atoms with E-state index in [-0.39, 0.29) is 11.1 Å². The molecule has 0 aliphatic heterocycles. The summed E-state index contributed by atoms with van der Waals surface area (Å²) in [4.78, 5) is 10.6. The second-order valence-corrected chi connectivity index (χ2v) is 2.57. The van der Waals surface area contributed by atoms with Crippen molar-refractivity contribution in [2.45, 2.75) is 6.61 Å². The first-order valence-corrected chi connectivity index (χ1v) is 3.66. The standard InChI is InChI=1S/C9H6FNO3/c10-7-2-5(3-11)1-6(4-12)8(7)9(13)14/h1-2,12H,4H2,(H,13,14). The highest BCUT2D eigenvalue weighted by molar-refractivity contribution is 5.89. The van der Waals surface area contributed by atoms with Crippen LogP contribution in [0.15, 0.2) is 12.1 Å². The second-order valence-electron chi connectivity index (χ2n) is 2.57. The number of halogens is 1. The molecule has 2 N–H and O–H groups in total. The quantitative estimate of drug-likeness (QED) is 0.734. The summed E-state index contributed by atoms with van der Waals surface area (Å²) in [6.45, 7) is -0.617. The van der Waals surface area contributed by atoms with Crippen LogP contribution in [-0.4, -0.2) is 16.2 Å². The smallest absolute Gasteiger partial charge is 0.339 e. The van der Waals surface area contributed by atoms with Gasteiger partial charge in [-0.15, -0.1) is 0 Å². The SMILES string of the molecule is N#Cc1cc(F)c(C(=O)O)c(CO)c1. The van der Waals surface area contributed by atoms with Crippen LogP contribution >= 0.6 is 0 Å². The van der Waals surface area contributed by atoms with E-state index in [2.05, 4.69) is 0 Å². The number of nitrogens with zero attached hydrogens (tertiary/aromatic N) is 1. The van der Waals surface area contributed by atoms with Gasteiger partial charge in [0.2, 0.25) is 0 Å². The first-order valence-electron chi connectivity index (χ1n) is 3.66. The number of carboxylic acid groups (broad SMARTS) is 1. The maximum absolute atomic E-state index is 13.1. The Labute approximate surface area is 78.8 Å². The highest BCUT2D eigenvalue weighted by atomic mass is 19.1. The van der Waals surface area contributed by atoms with Gasteiger partial charge >= 0.3 is 5.97 Å². The molecule has 4 nitrogen and oxygen atoms in total. The van der Waals surface area contributed by atoms with Crippen molar-refractivity contribution < 1.29 is 19.4 Å². The van der Waals surface area contributed by atoms with Gasteiger partial charge in [-0.05, 0) is 17.7 Å². The molecule has 0 saturated carbocycles. The minimum Gasteiger partial charge on any atom is -0.478 e. The summed E-state index contributed by atoms with van der Waals surface area (Å²) in [5.41, 5.74) is -0.711. The molecule has 0 radical (unpaired) electrons. The maximum atomic E-state index is 13.1. The van der Waals surface area contributed by atoms with Crippen LogP contribution in [0.4, 0.5) is 4.39 Å². The summed E-state index contributed by atoms with van der Waals surface area (Å²) in [6, 6.07) is 3.63. The van der Waals surface area contributed by atoms with Crippen molar-refractivity contribution in [2.75, 3.05) is 0 Å². The molecule has 0 aliphatic rings. The molecule has 5 heteroatoms. The third kappa shape index (κ3) is 1.70. The van der Waals surface area contributed by atoms with Gasteiger partial charge in [0.15, 0.2) is 0 Å². The highest BCUT2D eigenvalue weighted by Gasteiger charge is 2.16. The number of nitriles is 1. The third-order valence-electron chi connectivity index (χ3n) is 1.69. The van der Waals surface area contributed by atoms with Gasteiger partial charge in [-0.2, -0.15) is 5.26 Å². The summed E-state index contributed by atoms with van der Waals surface area (Å²) < 4.78 is 13.1. The average molecular weight is 195 g/mol. The molecule has 0 aliphatic carbocycles. The summed E-state index contributed by atoms with van der Waals surface area (Å²) >= 11 is 0. The lowest BCUT2D eigenvalue weighted by molar-refractivity contribution is 0.0688. The van der Waals surface area contributed by atoms with Crippen molar-refractivity contribution in [1.82, 2.24) is 0 Å². The normalized spacial score (nSPS) is 9.50. The van der Waals surface area contributed by atoms with Gasteiger partial charge in [0.05, 0.1) is 18.2 Å². The number of carboxylic acids is 1. The van der Waals surface area contributed by atoms with Gasteiger partial charge < -0.3 is 10.2 Å². The Hall–Kier alpha value is -1.93. The Morgan fingerprint density at radius 2 is 2.21 bits per heavy atom. The van der Waals surface area contributed by atoms with E-state index in [4.69, 9.17) is 15.5 Å². The summed E-state index contributed by atoms with van der Waals surface area (Å²) in [6.07, 6.45) is 0. The van der Waals surface area contributed by atoms with Crippen molar-refractivity contribution in [1.29, 1.82) is 5.26 Å². The molecular formula is C9H6FNO3. The zero-order chi connectivity index (χ0) is 10.7. The van der Waals surface area contributed by atoms with Gasteiger partial charge in [0.1, 0.15) is 11.4 Å². The van der Waals surface area contributed by atoms with E-state index >= 15 is 0 Å². The van der Waals surface area contributed by atoms with Crippen LogP contribution in [-0.2, 0) is 6.61 Å². The summed E-state index contributed by atoms with van der Waals surface area (Å²) in [5.74, 6) is -2.48. The van der Waals surface area contributed by atoms with E-state index < -0.39 is 24.0 Å². The molecular weight excluding hydrogens is 189 g/mol. The number of hydrogen-bond acceptors (Lipinski definition) is 3. The molecule has 0 fully saturated rings. The zero-order valence-corrected chi connectivity index (χ0v) is 6.99. The highest BCUT2D eigenvalue weighted by Crippen LogP contribution is 2.16. The Kier molecular flexibility index (Phi) is 2.79. The van der Waals surface area contributed by atoms with E-state index in [1.54, 1.807) is 6.07 Å². The predicted molar refractivity (Wildman–Crippen MR) is 44.0 cm³/mol. The van der Waals surface area contributed by atoms with Crippen LogP contribution in [0, 0.1) is 17.1 Å². The molecule has 0 spiro atoms. The number of aliphatic hydroxyl groups excluding tert-OH is 1. The molecule has 0 heterocycles. The maximum Gasteiger partial charge on any atom is 0.339 e. The van der Waals surface area contributed by atoms with Gasteiger partial charge in [-0.1, -0.05) is 0 Å². The van der Waals surface area contributed by atoms with Crippen molar-refractivity contribution >= 4 is 5.97 Å². The molecule has 0 saturated heterocycles. The molecule has 0 bridgehead atoms. The lowest BCUT2D eigenvalue weighted by Gasteiger charge is -2.04. The first-order chi connectivity index (χ1) is 6.60. The van der Waals surface area contributed by atoms with E-state index in [0.717, 1.165) is 12.1 Å². The van der Waals surface area contributed by atoms with Gasteiger partial charge in [0.25, 0.3) is 0 Å². The Bertz CT molecular complexity index is 423. The zero-order valence-electron chi connectivity index (χ0n) is 6.99. The number of benzene rings is 1. The molecule has 14 heavy (non-hydrogen) atoms. The fourth-order valence-electron chi connectivity index (χ4n) is 1.09. The van der Waals surface area contributed by atoms with Crippen molar-refractivity contribution in [3.63, 3.8) is 0 Å². The Balaban J connectivity index is 3.44. The average Bonchev–Trinajstić information content (AvgIpc) is 2.15. The van der Waals surface area contributed by atoms with Crippen LogP contribution in [0.3, 0.4) is 0 Å². The van der Waals surface area contributed by atoms with Crippen LogP contribution in [0.5, 0.6) is 0 Å². The first kappa shape index (κ1) is 10.2. The van der Waals surface area contributed by atoms with E-state index in [1.807, 2.05) is 0 Å². The molecule has 0 aromatic heterocycles. The molecule has 1 rings (SSSR count). The fraction of sp³-hybridized carbons (Fsp3) is 0.111. The lowest BCUT2D eigenvalue weighted by Crippen LogP contribution is -2.06. The molecule has 72 valence electrons. The Morgan fingerprint density at radius 3 is 2.64 bits per heavy atom. The molecule has 0 amide bonds. The minimum atomic E-state index is -1.46. The van der Waals surface area contributed by atoms with Gasteiger partial charge in [0, 0.05) is 0 Å². The molecule has 1 aromatic carbocycles. The van der Waals surface area contributed by atoms with Crippen molar-refractivity contribution in [3.05, 3.63) is 34.6 Å². The van der Waals surface area contributed by atoms with E-state index in [1.165, 1.54) is 0 Å². The molecule has 1 aromatic rings. The number of carbonyl (C=O) groups is 1. The largest absolute Gasteiger partial charge is 0.478 e. The lowest BCUT2D eigenvalue weighted by atomic mass is 10.0. The van der Waals surface area contributed by atoms with Crippen LogP contribution in [0.2, 0.25) is 0 Å². The third-order valence-corrected chi connectivity index (χ3v) is 1.69. The Morgan fingerprint density at radius 1 is 1.57 bits per heavy atom. The van der Waals surface area contributed by atoms with E-state index in [9.17, 15) is 9.18 Å². The van der Waals surface area contributed by atoms with Gasteiger partial charge in [-0.25, -0.2) is 9.18 Å². The van der Waals surface area contributed by atoms with Crippen LogP contribution in [0.25, 0.3) is 0 Å². The summed E-state index contributed by atoms with van der Waals surface area (Å²) in [5, 5.41) is 25.8. The fourth-order valence-corrected chi connectivity index (χ4v) is 1.09. The predicted octanol–water partition coefficient (Wildman–Crippen LogP) is 0.888. The molecule has 0 unspecified atom stereocenters. The summed E-state index contributed by atoms with van der Waals surface area (Å²) in [7, 11) is 0. The topological polar surface area (TPSA) is 81.3 Å². The number of hydrogen-bond donors (Lipinski definition) is 2. The second kappa shape index (κ2) is 3.85. The monoisotopic (exact) mass is 195 g/mol. The van der Waals surface area contributed by atoms with Crippen LogP contribution < -0.4 is 0 Å². The number of rotatable bonds is 2. The van der Waals surface area contributed by atoms with Crippen molar-refractivity contribution in [2.24, 2.45) is 0 Å². The minimum absolute atomic E-state index is 0.0171. The van der Waals surface area contributed by atoms with Gasteiger partial charge in [-0.3, -0.25) is 0 Å². The van der Waals surface area contributed by atoms with E-state index in [0.29, 0.717) is 0 Å². The number of aromatic carboxylic acids is 1. The number of aliphatic hydroxyl groups is 1.